The summed E-state index contributed by atoms with van der Waals surface area (Å²) in [6.45, 7) is 3.88. The minimum Gasteiger partial charge on any atom is -0.445 e. The van der Waals surface area contributed by atoms with Crippen molar-refractivity contribution in [3.05, 3.63) is 71.5 Å². The lowest BCUT2D eigenvalue weighted by Crippen LogP contribution is -2.53. The van der Waals surface area contributed by atoms with Crippen molar-refractivity contribution in [2.45, 2.75) is 51.7 Å². The van der Waals surface area contributed by atoms with Crippen LogP contribution in [0.4, 0.5) is 9.18 Å². The Kier molecular flexibility index (Phi) is 8.63. The number of benzene rings is 2. The van der Waals surface area contributed by atoms with Gasteiger partial charge in [0.15, 0.2) is 6.29 Å². The Balaban J connectivity index is 1.83. The topological polar surface area (TPSA) is 77.1 Å². The lowest BCUT2D eigenvalue weighted by molar-refractivity contribution is -0.137. The van der Waals surface area contributed by atoms with Gasteiger partial charge in [-0.1, -0.05) is 42.5 Å². The largest absolute Gasteiger partial charge is 0.445 e. The molecule has 184 valence electrons. The molecule has 0 bridgehead atoms. The highest BCUT2D eigenvalue weighted by atomic mass is 19.1. The molecule has 0 spiro atoms. The van der Waals surface area contributed by atoms with Gasteiger partial charge in [0.1, 0.15) is 12.4 Å². The Labute approximate surface area is 200 Å². The first-order valence-corrected chi connectivity index (χ1v) is 11.4. The first-order chi connectivity index (χ1) is 16.3. The molecule has 2 aromatic carbocycles. The summed E-state index contributed by atoms with van der Waals surface area (Å²) < 4.78 is 30.0. The molecule has 0 aliphatic carbocycles. The summed E-state index contributed by atoms with van der Waals surface area (Å²) in [5.41, 5.74) is 0.588. The molecule has 0 aromatic heterocycles. The van der Waals surface area contributed by atoms with E-state index in [2.05, 4.69) is 5.32 Å². The van der Waals surface area contributed by atoms with E-state index in [9.17, 15) is 14.0 Å². The zero-order chi connectivity index (χ0) is 24.7. The molecule has 2 amide bonds. The number of carbonyl (C=O) groups excluding carboxylic acids is 2. The van der Waals surface area contributed by atoms with Crippen LogP contribution in [0.2, 0.25) is 0 Å². The monoisotopic (exact) mass is 472 g/mol. The predicted octanol–water partition coefficient (Wildman–Crippen LogP) is 4.43. The van der Waals surface area contributed by atoms with Crippen LogP contribution in [0.1, 0.15) is 43.9 Å². The van der Waals surface area contributed by atoms with Crippen LogP contribution >= 0.6 is 0 Å². The van der Waals surface area contributed by atoms with Crippen LogP contribution in [0.3, 0.4) is 0 Å². The number of halogens is 1. The van der Waals surface area contributed by atoms with Crippen LogP contribution in [0.5, 0.6) is 0 Å². The van der Waals surface area contributed by atoms with Gasteiger partial charge < -0.3 is 19.5 Å². The fourth-order valence-corrected chi connectivity index (χ4v) is 4.43. The minimum atomic E-state index is -0.945. The summed E-state index contributed by atoms with van der Waals surface area (Å²) >= 11 is 0. The highest BCUT2D eigenvalue weighted by Crippen LogP contribution is 2.44. The molecule has 1 aliphatic heterocycles. The molecule has 34 heavy (non-hydrogen) atoms. The Hall–Kier alpha value is -2.97. The van der Waals surface area contributed by atoms with Crippen LogP contribution in [0.15, 0.2) is 54.6 Å². The van der Waals surface area contributed by atoms with Gasteiger partial charge in [0.2, 0.25) is 5.91 Å². The van der Waals surface area contributed by atoms with Crippen molar-refractivity contribution in [1.82, 2.24) is 10.2 Å². The van der Waals surface area contributed by atoms with E-state index in [0.29, 0.717) is 18.4 Å². The Morgan fingerprint density at radius 1 is 1.09 bits per heavy atom. The normalized spacial score (nSPS) is 18.2. The number of amides is 2. The van der Waals surface area contributed by atoms with Crippen molar-refractivity contribution in [3.63, 3.8) is 0 Å². The molecule has 0 radical (unpaired) electrons. The number of nitrogens with one attached hydrogen (secondary N) is 1. The zero-order valence-electron chi connectivity index (χ0n) is 20.1. The van der Waals surface area contributed by atoms with E-state index in [0.717, 1.165) is 5.56 Å². The summed E-state index contributed by atoms with van der Waals surface area (Å²) in [4.78, 5) is 28.1. The average molecular weight is 473 g/mol. The van der Waals surface area contributed by atoms with Gasteiger partial charge in [0, 0.05) is 20.3 Å². The van der Waals surface area contributed by atoms with Gasteiger partial charge in [-0.3, -0.25) is 9.69 Å². The maximum Gasteiger partial charge on any atom is 0.410 e. The highest BCUT2D eigenvalue weighted by molar-refractivity contribution is 5.83. The molecule has 2 atom stereocenters. The fourth-order valence-electron chi connectivity index (χ4n) is 4.43. The van der Waals surface area contributed by atoms with Crippen molar-refractivity contribution in [2.75, 3.05) is 20.8 Å². The van der Waals surface area contributed by atoms with Gasteiger partial charge in [0.05, 0.1) is 18.0 Å². The van der Waals surface area contributed by atoms with Gasteiger partial charge in [-0.2, -0.15) is 0 Å². The molecular formula is C26H33FN2O5. The van der Waals surface area contributed by atoms with Gasteiger partial charge >= 0.3 is 6.09 Å². The molecule has 0 saturated carbocycles. The lowest BCUT2D eigenvalue weighted by atomic mass is 9.82. The van der Waals surface area contributed by atoms with Crippen LogP contribution in [0, 0.1) is 11.2 Å². The second-order valence-corrected chi connectivity index (χ2v) is 8.94. The highest BCUT2D eigenvalue weighted by Gasteiger charge is 2.49. The van der Waals surface area contributed by atoms with E-state index in [1.54, 1.807) is 30.9 Å². The van der Waals surface area contributed by atoms with E-state index >= 15 is 0 Å². The molecule has 2 aromatic rings. The summed E-state index contributed by atoms with van der Waals surface area (Å²) in [6, 6.07) is 14.7. The second-order valence-electron chi connectivity index (χ2n) is 8.94. The third-order valence-corrected chi connectivity index (χ3v) is 6.41. The molecule has 7 nitrogen and oxygen atoms in total. The smallest absolute Gasteiger partial charge is 0.410 e. The van der Waals surface area contributed by atoms with Gasteiger partial charge in [-0.25, -0.2) is 9.18 Å². The zero-order valence-corrected chi connectivity index (χ0v) is 20.1. The van der Waals surface area contributed by atoms with Gasteiger partial charge in [-0.05, 0) is 49.9 Å². The molecule has 1 N–H and O–H groups in total. The number of likely N-dealkylation sites (tertiary alicyclic amines) is 1. The molecule has 0 unspecified atom stereocenters. The van der Waals surface area contributed by atoms with Crippen molar-refractivity contribution < 1.29 is 28.2 Å². The van der Waals surface area contributed by atoms with E-state index in [-0.39, 0.29) is 24.9 Å². The van der Waals surface area contributed by atoms with Crippen LogP contribution in [-0.4, -0.2) is 50.0 Å². The Morgan fingerprint density at radius 3 is 2.44 bits per heavy atom. The summed E-state index contributed by atoms with van der Waals surface area (Å²) in [7, 11) is 2.99. The quantitative estimate of drug-likeness (QED) is 0.547. The van der Waals surface area contributed by atoms with Gasteiger partial charge in [0.25, 0.3) is 0 Å². The van der Waals surface area contributed by atoms with E-state index < -0.39 is 29.9 Å². The SMILES string of the molecule is COC(CNC(=O)C(C)(C)[C@H]1CC[C@@H](c2cccc(F)c2)N1C(=O)OCc1ccccc1)OC. The Morgan fingerprint density at radius 2 is 1.79 bits per heavy atom. The number of methoxy groups -OCH3 is 2. The Bertz CT molecular complexity index is 965. The fraction of sp³-hybridized carbons (Fsp3) is 0.462. The average Bonchev–Trinajstić information content (AvgIpc) is 3.30. The van der Waals surface area contributed by atoms with Crippen molar-refractivity contribution in [3.8, 4) is 0 Å². The maximum absolute atomic E-state index is 14.0. The standard InChI is InChI=1S/C26H33FN2O5/c1-26(2,24(30)28-16-23(32-3)33-4)22-14-13-21(19-11-8-12-20(27)15-19)29(22)25(31)34-17-18-9-6-5-7-10-18/h5-12,15,21-23H,13-14,16-17H2,1-4H3,(H,28,30)/t21-,22+/m0/s1. The summed E-state index contributed by atoms with van der Waals surface area (Å²) in [5.74, 6) is -0.613. The lowest BCUT2D eigenvalue weighted by Gasteiger charge is -2.38. The minimum absolute atomic E-state index is 0.106. The third kappa shape index (κ3) is 5.93. The van der Waals surface area contributed by atoms with Crippen molar-refractivity contribution >= 4 is 12.0 Å². The second kappa shape index (κ2) is 11.4. The first-order valence-electron chi connectivity index (χ1n) is 11.4. The molecule has 8 heteroatoms. The number of hydrogen-bond donors (Lipinski definition) is 1. The number of ether oxygens (including phenoxy) is 3. The number of hydrogen-bond acceptors (Lipinski definition) is 5. The predicted molar refractivity (Wildman–Crippen MR) is 125 cm³/mol. The number of carbonyl (C=O) groups is 2. The summed E-state index contributed by atoms with van der Waals surface area (Å²) in [5, 5.41) is 2.86. The molecule has 1 fully saturated rings. The van der Waals surface area contributed by atoms with Crippen molar-refractivity contribution in [1.29, 1.82) is 0 Å². The van der Waals surface area contributed by atoms with Crippen LogP contribution in [0.25, 0.3) is 0 Å². The molecule has 1 heterocycles. The van der Waals surface area contributed by atoms with Crippen LogP contribution in [-0.2, 0) is 25.6 Å². The number of nitrogens with zero attached hydrogens (tertiary/aromatic N) is 1. The molecule has 1 saturated heterocycles. The molecular weight excluding hydrogens is 439 g/mol. The van der Waals surface area contributed by atoms with E-state index in [1.165, 1.54) is 26.4 Å². The molecule has 1 aliphatic rings. The van der Waals surface area contributed by atoms with E-state index in [4.69, 9.17) is 14.2 Å². The summed E-state index contributed by atoms with van der Waals surface area (Å²) in [6.07, 6.45) is 0.0489. The van der Waals surface area contributed by atoms with Crippen molar-refractivity contribution in [2.24, 2.45) is 5.41 Å². The first kappa shape index (κ1) is 25.6. The van der Waals surface area contributed by atoms with E-state index in [1.807, 2.05) is 30.3 Å². The maximum atomic E-state index is 14.0. The number of rotatable bonds is 9. The van der Waals surface area contributed by atoms with Crippen LogP contribution < -0.4 is 5.32 Å². The third-order valence-electron chi connectivity index (χ3n) is 6.41. The molecule has 3 rings (SSSR count). The van der Waals surface area contributed by atoms with Gasteiger partial charge in [-0.15, -0.1) is 0 Å².